The quantitative estimate of drug-likeness (QED) is 0.0651. The summed E-state index contributed by atoms with van der Waals surface area (Å²) in [6, 6.07) is 0. The third-order valence-electron chi connectivity index (χ3n) is 5.50. The Bertz CT molecular complexity index is 878. The van der Waals surface area contributed by atoms with Gasteiger partial charge in [0, 0.05) is 7.11 Å². The van der Waals surface area contributed by atoms with E-state index >= 15 is 0 Å². The highest BCUT2D eigenvalue weighted by Gasteiger charge is 2.87. The average molecular weight is 770 g/mol. The average Bonchev–Trinajstić information content (AvgIpc) is 2.93. The number of rotatable bonds is 24. The predicted molar refractivity (Wildman–Crippen MR) is 128 cm³/mol. The van der Waals surface area contributed by atoms with Crippen molar-refractivity contribution in [2.24, 2.45) is 0 Å². The summed E-state index contributed by atoms with van der Waals surface area (Å²) in [5.74, 6) is -4.53. The first kappa shape index (κ1) is 47.1. The van der Waals surface area contributed by atoms with Crippen molar-refractivity contribution < 1.29 is 113 Å². The highest BCUT2D eigenvalue weighted by Crippen LogP contribution is 2.63. The second-order valence-corrected chi connectivity index (χ2v) is 9.03. The normalized spacial score (nSPS) is 14.0. The van der Waals surface area contributed by atoms with Crippen LogP contribution in [0.1, 0.15) is 0 Å². The van der Waals surface area contributed by atoms with Crippen LogP contribution in [0.25, 0.3) is 0 Å². The van der Waals surface area contributed by atoms with Gasteiger partial charge in [-0.3, -0.25) is 0 Å². The SMILES string of the molecule is COCCOCCOCCOCCOCCOCCOCCOC(=C(C(F)(C(F)(F)F)C(F)(F)F)C(F)(C(F)(F)F)C(F)(F)F)C(F)(F)F. The molecule has 0 atom stereocenters. The maximum absolute atomic E-state index is 14.6. The number of ether oxygens (including phenoxy) is 8. The van der Waals surface area contributed by atoms with E-state index in [9.17, 15) is 74.6 Å². The zero-order valence-corrected chi connectivity index (χ0v) is 25.1. The molecule has 0 saturated heterocycles. The maximum Gasteiger partial charge on any atom is 0.449 e. The van der Waals surface area contributed by atoms with Gasteiger partial charge in [0.2, 0.25) is 5.76 Å². The second-order valence-electron chi connectivity index (χ2n) is 9.03. The van der Waals surface area contributed by atoms with Crippen LogP contribution in [-0.4, -0.2) is 142 Å². The molecule has 0 aromatic rings. The highest BCUT2D eigenvalue weighted by molar-refractivity contribution is 5.40. The molecule has 0 aromatic carbocycles. The van der Waals surface area contributed by atoms with Gasteiger partial charge in [0.05, 0.1) is 91.5 Å². The van der Waals surface area contributed by atoms with Crippen LogP contribution in [0.5, 0.6) is 0 Å². The van der Waals surface area contributed by atoms with Crippen molar-refractivity contribution in [1.29, 1.82) is 0 Å². The lowest BCUT2D eigenvalue weighted by molar-refractivity contribution is -0.366. The number of allylic oxidation sites excluding steroid dienone is 2. The minimum atomic E-state index is -8.22. The summed E-state index contributed by atoms with van der Waals surface area (Å²) in [7, 11) is 1.52. The third kappa shape index (κ3) is 14.3. The van der Waals surface area contributed by atoms with E-state index in [-0.39, 0.29) is 39.6 Å². The summed E-state index contributed by atoms with van der Waals surface area (Å²) in [5, 5.41) is 0. The molecule has 0 heterocycles. The fourth-order valence-electron chi connectivity index (χ4n) is 3.28. The Morgan fingerprint density at radius 1 is 0.347 bits per heavy atom. The number of hydrogen-bond donors (Lipinski definition) is 0. The summed E-state index contributed by atoms with van der Waals surface area (Å²) < 4.78 is 266. The van der Waals surface area contributed by atoms with Gasteiger partial charge in [0.1, 0.15) is 6.61 Å². The van der Waals surface area contributed by atoms with Crippen LogP contribution in [0, 0.1) is 0 Å². The van der Waals surface area contributed by atoms with Crippen molar-refractivity contribution in [3.05, 3.63) is 11.3 Å². The molecule has 49 heavy (non-hydrogen) atoms. The van der Waals surface area contributed by atoms with Crippen molar-refractivity contribution in [2.45, 2.75) is 42.2 Å². The first-order chi connectivity index (χ1) is 22.3. The van der Waals surface area contributed by atoms with Gasteiger partial charge in [-0.05, 0) is 0 Å². The fraction of sp³-hybridized carbons (Fsp3) is 0.917. The molecule has 0 aromatic heterocycles. The van der Waals surface area contributed by atoms with Gasteiger partial charge in [-0.25, -0.2) is 8.78 Å². The Morgan fingerprint density at radius 2 is 0.571 bits per heavy atom. The van der Waals surface area contributed by atoms with Crippen molar-refractivity contribution in [1.82, 2.24) is 0 Å². The van der Waals surface area contributed by atoms with Gasteiger partial charge in [-0.2, -0.15) is 65.9 Å². The zero-order valence-electron chi connectivity index (χ0n) is 25.1. The molecule has 0 fully saturated rings. The van der Waals surface area contributed by atoms with E-state index in [1.165, 1.54) is 7.11 Å². The largest absolute Gasteiger partial charge is 0.486 e. The van der Waals surface area contributed by atoms with E-state index in [1.54, 1.807) is 0 Å². The molecule has 0 bridgehead atoms. The van der Waals surface area contributed by atoms with Crippen molar-refractivity contribution in [2.75, 3.05) is 99.6 Å². The van der Waals surface area contributed by atoms with E-state index in [1.807, 2.05) is 0 Å². The summed E-state index contributed by atoms with van der Waals surface area (Å²) in [6.45, 7) is -2.36. The van der Waals surface area contributed by atoms with E-state index in [2.05, 4.69) is 9.47 Å². The molecule has 0 rings (SSSR count). The van der Waals surface area contributed by atoms with Gasteiger partial charge in [0.25, 0.3) is 0 Å². The first-order valence-electron chi connectivity index (χ1n) is 13.4. The predicted octanol–water partition coefficient (Wildman–Crippen LogP) is 6.23. The van der Waals surface area contributed by atoms with Crippen LogP contribution >= 0.6 is 0 Å². The van der Waals surface area contributed by atoms with Crippen LogP contribution in [0.4, 0.5) is 74.6 Å². The molecule has 0 aliphatic heterocycles. The topological polar surface area (TPSA) is 73.8 Å². The van der Waals surface area contributed by atoms with Crippen LogP contribution in [0.15, 0.2) is 11.3 Å². The second kappa shape index (κ2) is 20.2. The van der Waals surface area contributed by atoms with E-state index in [0.717, 1.165) is 0 Å². The monoisotopic (exact) mass is 770 g/mol. The maximum atomic E-state index is 14.6. The van der Waals surface area contributed by atoms with Crippen LogP contribution in [0.2, 0.25) is 0 Å². The smallest absolute Gasteiger partial charge is 0.449 e. The Balaban J connectivity index is 5.16. The summed E-state index contributed by atoms with van der Waals surface area (Å²) in [5.41, 5.74) is -22.0. The third-order valence-corrected chi connectivity index (χ3v) is 5.50. The minimum absolute atomic E-state index is 0.0446. The minimum Gasteiger partial charge on any atom is -0.486 e. The first-order valence-corrected chi connectivity index (χ1v) is 13.4. The summed E-state index contributed by atoms with van der Waals surface area (Å²) >= 11 is 0. The molecule has 0 saturated carbocycles. The van der Waals surface area contributed by atoms with Gasteiger partial charge in [-0.1, -0.05) is 0 Å². The number of methoxy groups -OCH3 is 1. The standard InChI is InChI=1S/C24H31F17O8/c1-42-2-3-43-4-5-44-6-7-45-8-9-46-10-11-47-12-13-48-14-15-49-17(20(27,28)29)16(18(25,21(30,31)32)22(33,34)35)19(26,23(36,37)38)24(39,40)41/h2-15H2,1H3. The molecule has 0 radical (unpaired) electrons. The summed E-state index contributed by atoms with van der Waals surface area (Å²) in [4.78, 5) is 0. The zero-order chi connectivity index (χ0) is 38.2. The van der Waals surface area contributed by atoms with E-state index in [4.69, 9.17) is 28.4 Å². The molecule has 0 aliphatic rings. The number of halogens is 17. The Morgan fingerprint density at radius 3 is 0.776 bits per heavy atom. The molecule has 294 valence electrons. The Hall–Kier alpha value is -1.93. The highest BCUT2D eigenvalue weighted by atomic mass is 19.4. The number of alkyl halides is 17. The Kier molecular flexibility index (Phi) is 19.4. The molecular formula is C24H31F17O8. The van der Waals surface area contributed by atoms with Crippen LogP contribution in [0.3, 0.4) is 0 Å². The number of hydrogen-bond acceptors (Lipinski definition) is 8. The lowest BCUT2D eigenvalue weighted by Gasteiger charge is -2.41. The van der Waals surface area contributed by atoms with Crippen molar-refractivity contribution in [3.63, 3.8) is 0 Å². The molecule has 8 nitrogen and oxygen atoms in total. The van der Waals surface area contributed by atoms with Crippen molar-refractivity contribution in [3.8, 4) is 0 Å². The molecule has 25 heteroatoms. The lowest BCUT2D eigenvalue weighted by atomic mass is 9.79. The molecule has 0 amide bonds. The molecular weight excluding hydrogens is 739 g/mol. The van der Waals surface area contributed by atoms with Crippen LogP contribution in [-0.2, 0) is 37.9 Å². The molecule has 0 N–H and O–H groups in total. The van der Waals surface area contributed by atoms with Crippen molar-refractivity contribution >= 4 is 0 Å². The lowest BCUT2D eigenvalue weighted by Crippen LogP contribution is -2.66. The van der Waals surface area contributed by atoms with Gasteiger partial charge in [0.15, 0.2) is 0 Å². The molecule has 0 aliphatic carbocycles. The van der Waals surface area contributed by atoms with E-state index < -0.39 is 80.0 Å². The van der Waals surface area contributed by atoms with Gasteiger partial charge < -0.3 is 37.9 Å². The molecule has 0 spiro atoms. The summed E-state index contributed by atoms with van der Waals surface area (Å²) in [6.07, 6.45) is -39.4. The Labute approximate surface area is 266 Å². The molecule has 0 unspecified atom stereocenters. The van der Waals surface area contributed by atoms with Gasteiger partial charge >= 0.3 is 42.2 Å². The van der Waals surface area contributed by atoms with Gasteiger partial charge in [-0.15, -0.1) is 0 Å². The fourth-order valence-corrected chi connectivity index (χ4v) is 3.28. The van der Waals surface area contributed by atoms with E-state index in [0.29, 0.717) is 26.4 Å². The van der Waals surface area contributed by atoms with Crippen LogP contribution < -0.4 is 0 Å².